The van der Waals surface area contributed by atoms with E-state index >= 15 is 0 Å². The normalized spacial score (nSPS) is 42.2. The molecule has 8 rings (SSSR count). The summed E-state index contributed by atoms with van der Waals surface area (Å²) in [5, 5.41) is 200. The molecule has 0 spiro atoms. The summed E-state index contributed by atoms with van der Waals surface area (Å²) >= 11 is 0. The second-order valence-electron chi connectivity index (χ2n) is 18.5. The Bertz CT molecular complexity index is 2440. The summed E-state index contributed by atoms with van der Waals surface area (Å²) < 4.78 is 63.6. The molecule has 76 heavy (non-hydrogen) atoms. The molecule has 3 aromatic rings. The molecule has 5 fully saturated rings. The standard InChI is InChI=1S/C45H60O31/c46-7-17-23(53)29(59)34(64)41(68-17)74-38-31(61)25(55)19(9-48)70-43(38)66-14-5-15(52)22-16(6-14)67-36(12-1-3-13(51)4-2-12)37(28(22)58)73-44-40(33(63)27(57)20(10-49)71-44)76-45-39(32(62)26(56)21(11-50)72-45)75-42-35(65)30(60)24(54)18(8-47)69-42/h1-6,17-21,23-27,29-35,38-57,59-65H,7-11H2. The van der Waals surface area contributed by atoms with E-state index in [1.807, 2.05) is 0 Å². The Morgan fingerprint density at radius 1 is 0.421 bits per heavy atom. The first kappa shape index (κ1) is 58.0. The van der Waals surface area contributed by atoms with Crippen LogP contribution < -0.4 is 14.9 Å². The van der Waals surface area contributed by atoms with Crippen LogP contribution in [0.3, 0.4) is 0 Å². The van der Waals surface area contributed by atoms with Gasteiger partial charge in [0.05, 0.1) is 33.0 Å². The first-order valence-electron chi connectivity index (χ1n) is 23.6. The van der Waals surface area contributed by atoms with Gasteiger partial charge in [-0.1, -0.05) is 0 Å². The van der Waals surface area contributed by atoms with Crippen LogP contribution in [-0.2, 0) is 37.9 Å². The Hall–Kier alpha value is -4.15. The topological polar surface area (TPSA) is 507 Å². The molecule has 19 N–H and O–H groups in total. The molecule has 5 aliphatic rings. The Morgan fingerprint density at radius 2 is 0.789 bits per heavy atom. The number of phenolic OH excluding ortho intramolecular Hbond substituents is 2. The summed E-state index contributed by atoms with van der Waals surface area (Å²) in [4.78, 5) is 14.8. The van der Waals surface area contributed by atoms with E-state index in [9.17, 15) is 102 Å². The van der Waals surface area contributed by atoms with Gasteiger partial charge in [-0.25, -0.2) is 0 Å². The van der Waals surface area contributed by atoms with Crippen molar-refractivity contribution >= 4 is 11.0 Å². The lowest BCUT2D eigenvalue weighted by Gasteiger charge is -2.48. The Kier molecular flexibility index (Phi) is 18.4. The van der Waals surface area contributed by atoms with E-state index in [0.717, 1.165) is 24.3 Å². The number of hydrogen-bond donors (Lipinski definition) is 19. The maximum Gasteiger partial charge on any atom is 0.239 e. The SMILES string of the molecule is O=c1c(OC2OC(CO)C(O)C(O)C2OC2OC(CO)C(O)C(O)C2OC2OC(CO)C(O)C(O)C2O)c(-c2ccc(O)cc2)oc2cc(OC3OC(CO)C(O)C(O)C3OC3OC(CO)C(O)C(O)C3O)cc(O)c12. The van der Waals surface area contributed by atoms with E-state index in [1.165, 1.54) is 12.1 Å². The van der Waals surface area contributed by atoms with E-state index in [0.29, 0.717) is 0 Å². The number of fused-ring (bicyclic) bond motifs is 1. The lowest BCUT2D eigenvalue weighted by Crippen LogP contribution is -2.67. The van der Waals surface area contributed by atoms with Crippen LogP contribution in [0.5, 0.6) is 23.0 Å². The van der Waals surface area contributed by atoms with Gasteiger partial charge >= 0.3 is 0 Å². The number of aliphatic hydroxyl groups excluding tert-OH is 17. The van der Waals surface area contributed by atoms with Crippen LogP contribution in [0.1, 0.15) is 0 Å². The van der Waals surface area contributed by atoms with E-state index in [1.54, 1.807) is 0 Å². The Labute approximate surface area is 426 Å². The molecule has 0 amide bonds. The molecular formula is C45H60O31. The van der Waals surface area contributed by atoms with Crippen LogP contribution in [0.25, 0.3) is 22.3 Å². The number of phenols is 2. The van der Waals surface area contributed by atoms with E-state index in [4.69, 9.17) is 51.8 Å². The van der Waals surface area contributed by atoms with Gasteiger partial charge in [-0.15, -0.1) is 0 Å². The molecule has 2 aromatic carbocycles. The maximum atomic E-state index is 14.8. The van der Waals surface area contributed by atoms with Gasteiger partial charge in [-0.2, -0.15) is 0 Å². The monoisotopic (exact) mass is 1100 g/mol. The molecule has 0 radical (unpaired) electrons. The van der Waals surface area contributed by atoms with E-state index in [2.05, 4.69) is 0 Å². The number of rotatable bonds is 16. The minimum Gasteiger partial charge on any atom is -0.508 e. The van der Waals surface area contributed by atoms with Gasteiger partial charge in [0.1, 0.15) is 138 Å². The summed E-state index contributed by atoms with van der Waals surface area (Å²) in [5.41, 5.74) is -1.79. The number of hydrogen-bond acceptors (Lipinski definition) is 31. The smallest absolute Gasteiger partial charge is 0.239 e. The minimum absolute atomic E-state index is 0.0526. The van der Waals surface area contributed by atoms with Crippen LogP contribution in [0.2, 0.25) is 0 Å². The molecule has 5 saturated heterocycles. The van der Waals surface area contributed by atoms with Crippen molar-refractivity contribution in [2.45, 2.75) is 154 Å². The fourth-order valence-corrected chi connectivity index (χ4v) is 9.21. The van der Waals surface area contributed by atoms with Crippen molar-refractivity contribution in [2.75, 3.05) is 33.0 Å². The second-order valence-corrected chi connectivity index (χ2v) is 18.5. The summed E-state index contributed by atoms with van der Waals surface area (Å²) in [5.74, 6) is -3.06. The van der Waals surface area contributed by atoms with Crippen molar-refractivity contribution in [2.24, 2.45) is 0 Å². The largest absolute Gasteiger partial charge is 0.508 e. The predicted molar refractivity (Wildman–Crippen MR) is 238 cm³/mol. The van der Waals surface area contributed by atoms with Gasteiger partial charge in [0.25, 0.3) is 0 Å². The fraction of sp³-hybridized carbons (Fsp3) is 0.667. The fourth-order valence-electron chi connectivity index (χ4n) is 9.21. The summed E-state index contributed by atoms with van der Waals surface area (Å²) in [6.07, 6.45) is -48.3. The van der Waals surface area contributed by atoms with Crippen molar-refractivity contribution in [1.29, 1.82) is 0 Å². The van der Waals surface area contributed by atoms with Crippen LogP contribution in [0, 0.1) is 0 Å². The van der Waals surface area contributed by atoms with E-state index < -0.39 is 226 Å². The molecule has 6 heterocycles. The lowest BCUT2D eigenvalue weighted by molar-refractivity contribution is -0.389. The minimum atomic E-state index is -2.21. The number of ether oxygens (including phenoxy) is 10. The highest BCUT2D eigenvalue weighted by Gasteiger charge is 2.56. The maximum absolute atomic E-state index is 14.8. The molecule has 426 valence electrons. The van der Waals surface area contributed by atoms with Crippen molar-refractivity contribution in [3.63, 3.8) is 0 Å². The Balaban J connectivity index is 1.15. The molecule has 0 saturated carbocycles. The molecular weight excluding hydrogens is 1040 g/mol. The molecule has 25 unspecified atom stereocenters. The number of aromatic hydroxyl groups is 2. The Morgan fingerprint density at radius 3 is 1.22 bits per heavy atom. The highest BCUT2D eigenvalue weighted by atomic mass is 16.8. The van der Waals surface area contributed by atoms with Crippen LogP contribution in [0.15, 0.2) is 45.6 Å². The first-order chi connectivity index (χ1) is 36.2. The highest BCUT2D eigenvalue weighted by molar-refractivity contribution is 5.88. The molecule has 31 heteroatoms. The average molecular weight is 1100 g/mol. The molecule has 0 aliphatic carbocycles. The van der Waals surface area contributed by atoms with Gasteiger partial charge < -0.3 is 149 Å². The predicted octanol–water partition coefficient (Wildman–Crippen LogP) is -9.30. The highest BCUT2D eigenvalue weighted by Crippen LogP contribution is 2.41. The van der Waals surface area contributed by atoms with Crippen LogP contribution in [0.4, 0.5) is 0 Å². The third-order valence-electron chi connectivity index (χ3n) is 13.6. The van der Waals surface area contributed by atoms with Crippen molar-refractivity contribution in [3.8, 4) is 34.3 Å². The molecule has 25 atom stereocenters. The third-order valence-corrected chi connectivity index (χ3v) is 13.6. The van der Waals surface area contributed by atoms with Crippen molar-refractivity contribution < 1.29 is 149 Å². The van der Waals surface area contributed by atoms with Crippen LogP contribution >= 0.6 is 0 Å². The van der Waals surface area contributed by atoms with Gasteiger partial charge in [0, 0.05) is 17.7 Å². The van der Waals surface area contributed by atoms with Crippen LogP contribution in [-0.4, -0.2) is 284 Å². The zero-order valence-electron chi connectivity index (χ0n) is 39.3. The van der Waals surface area contributed by atoms with Crippen molar-refractivity contribution in [1.82, 2.24) is 0 Å². The van der Waals surface area contributed by atoms with Gasteiger partial charge in [-0.3, -0.25) is 4.79 Å². The van der Waals surface area contributed by atoms with Gasteiger partial charge in [0.2, 0.25) is 23.8 Å². The summed E-state index contributed by atoms with van der Waals surface area (Å²) in [6.45, 7) is -4.70. The van der Waals surface area contributed by atoms with Gasteiger partial charge in [-0.05, 0) is 24.3 Å². The second kappa shape index (κ2) is 24.1. The zero-order valence-corrected chi connectivity index (χ0v) is 39.3. The van der Waals surface area contributed by atoms with E-state index in [-0.39, 0.29) is 11.3 Å². The molecule has 1 aromatic heterocycles. The molecule has 0 bridgehead atoms. The molecule has 5 aliphatic heterocycles. The third kappa shape index (κ3) is 11.2. The van der Waals surface area contributed by atoms with Gasteiger partial charge in [0.15, 0.2) is 36.8 Å². The quantitative estimate of drug-likeness (QED) is 0.0633. The van der Waals surface area contributed by atoms with Crippen molar-refractivity contribution in [3.05, 3.63) is 46.6 Å². The summed E-state index contributed by atoms with van der Waals surface area (Å²) in [7, 11) is 0. The first-order valence-corrected chi connectivity index (χ1v) is 23.6. The summed E-state index contributed by atoms with van der Waals surface area (Å²) in [6, 6.07) is 6.60. The zero-order chi connectivity index (χ0) is 55.2. The lowest BCUT2D eigenvalue weighted by atomic mass is 9.96. The average Bonchev–Trinajstić information content (AvgIpc) is 3.40. The number of benzene rings is 2. The molecule has 31 nitrogen and oxygen atoms in total. The number of aliphatic hydroxyl groups is 17.